The standard InChI is InChI=1S/C19H17N7O6/c1-12-14(7-4-8-16(12)26(30)31)21-18(28)10-32-19(29)13-5-2-3-6-15(13)22-17(27)9-25-11-20-23-24-25/h2-8,11H,9-10H2,1H3,(H,21,28)(H,22,27). The molecule has 13 heteroatoms. The number of benzene rings is 2. The van der Waals surface area contributed by atoms with Crippen LogP contribution in [0.5, 0.6) is 0 Å². The molecular formula is C19H17N7O6. The van der Waals surface area contributed by atoms with E-state index >= 15 is 0 Å². The van der Waals surface area contributed by atoms with Gasteiger partial charge in [-0.05, 0) is 35.5 Å². The van der Waals surface area contributed by atoms with Crippen LogP contribution in [0.15, 0.2) is 48.8 Å². The fourth-order valence-electron chi connectivity index (χ4n) is 2.71. The van der Waals surface area contributed by atoms with Crippen molar-refractivity contribution in [3.8, 4) is 0 Å². The van der Waals surface area contributed by atoms with Crippen molar-refractivity contribution in [2.24, 2.45) is 0 Å². The van der Waals surface area contributed by atoms with E-state index in [4.69, 9.17) is 4.74 Å². The molecule has 2 amide bonds. The number of carbonyl (C=O) groups is 3. The summed E-state index contributed by atoms with van der Waals surface area (Å²) in [4.78, 5) is 47.2. The molecule has 0 aliphatic heterocycles. The van der Waals surface area contributed by atoms with Crippen molar-refractivity contribution in [2.45, 2.75) is 13.5 Å². The van der Waals surface area contributed by atoms with Crippen molar-refractivity contribution in [2.75, 3.05) is 17.2 Å². The average Bonchev–Trinajstić information content (AvgIpc) is 3.26. The van der Waals surface area contributed by atoms with Gasteiger partial charge in [-0.1, -0.05) is 18.2 Å². The predicted octanol–water partition coefficient (Wildman–Crippen LogP) is 1.32. The van der Waals surface area contributed by atoms with Crippen molar-refractivity contribution in [3.05, 3.63) is 70.0 Å². The summed E-state index contributed by atoms with van der Waals surface area (Å²) in [6.45, 7) is 0.698. The van der Waals surface area contributed by atoms with E-state index in [2.05, 4.69) is 26.2 Å². The number of aromatic nitrogens is 4. The van der Waals surface area contributed by atoms with Gasteiger partial charge in [-0.25, -0.2) is 9.48 Å². The van der Waals surface area contributed by atoms with Crippen molar-refractivity contribution in [1.82, 2.24) is 20.2 Å². The lowest BCUT2D eigenvalue weighted by Crippen LogP contribution is -2.23. The lowest BCUT2D eigenvalue weighted by atomic mass is 10.1. The number of amides is 2. The predicted molar refractivity (Wildman–Crippen MR) is 110 cm³/mol. The first kappa shape index (κ1) is 22.0. The number of anilines is 2. The third-order valence-electron chi connectivity index (χ3n) is 4.23. The minimum atomic E-state index is -0.839. The zero-order valence-electron chi connectivity index (χ0n) is 16.7. The number of carbonyl (C=O) groups excluding carboxylic acids is 3. The fraction of sp³-hybridized carbons (Fsp3) is 0.158. The molecule has 2 N–H and O–H groups in total. The normalized spacial score (nSPS) is 10.3. The molecule has 32 heavy (non-hydrogen) atoms. The Bertz CT molecular complexity index is 1160. The van der Waals surface area contributed by atoms with E-state index in [9.17, 15) is 24.5 Å². The lowest BCUT2D eigenvalue weighted by Gasteiger charge is -2.12. The average molecular weight is 439 g/mol. The highest BCUT2D eigenvalue weighted by Crippen LogP contribution is 2.25. The number of nitrogens with zero attached hydrogens (tertiary/aromatic N) is 5. The first-order valence-corrected chi connectivity index (χ1v) is 9.16. The monoisotopic (exact) mass is 439 g/mol. The maximum atomic E-state index is 12.5. The Labute approximate surface area is 180 Å². The van der Waals surface area contributed by atoms with E-state index in [-0.39, 0.29) is 34.7 Å². The van der Waals surface area contributed by atoms with Crippen LogP contribution in [0.4, 0.5) is 17.1 Å². The topological polar surface area (TPSA) is 171 Å². The highest BCUT2D eigenvalue weighted by Gasteiger charge is 2.18. The number of nitro benzene ring substituents is 1. The van der Waals surface area contributed by atoms with Crippen LogP contribution >= 0.6 is 0 Å². The number of tetrazole rings is 1. The molecule has 1 heterocycles. The summed E-state index contributed by atoms with van der Waals surface area (Å²) in [5.74, 6) is -1.99. The molecule has 0 radical (unpaired) electrons. The Kier molecular flexibility index (Phi) is 6.80. The van der Waals surface area contributed by atoms with Crippen LogP contribution in [0.25, 0.3) is 0 Å². The lowest BCUT2D eigenvalue weighted by molar-refractivity contribution is -0.385. The summed E-state index contributed by atoms with van der Waals surface area (Å²) in [5.41, 5.74) is 0.580. The third-order valence-corrected chi connectivity index (χ3v) is 4.23. The number of nitro groups is 1. The molecule has 0 spiro atoms. The molecule has 1 aromatic heterocycles. The molecule has 0 aliphatic carbocycles. The molecule has 164 valence electrons. The van der Waals surface area contributed by atoms with Gasteiger partial charge in [0, 0.05) is 6.07 Å². The molecule has 3 rings (SSSR count). The number of esters is 1. The van der Waals surface area contributed by atoms with Gasteiger partial charge in [0.25, 0.3) is 11.6 Å². The highest BCUT2D eigenvalue weighted by molar-refractivity contribution is 6.02. The molecule has 0 bridgehead atoms. The molecule has 0 atom stereocenters. The number of rotatable bonds is 8. The summed E-state index contributed by atoms with van der Waals surface area (Å²) in [7, 11) is 0. The maximum absolute atomic E-state index is 12.5. The van der Waals surface area contributed by atoms with Gasteiger partial charge >= 0.3 is 5.97 Å². The summed E-state index contributed by atoms with van der Waals surface area (Å²) in [5, 5.41) is 26.5. The SMILES string of the molecule is Cc1c(NC(=O)COC(=O)c2ccccc2NC(=O)Cn2cnnn2)cccc1[N+](=O)[O-]. The molecule has 0 saturated heterocycles. The summed E-state index contributed by atoms with van der Waals surface area (Å²) < 4.78 is 6.24. The van der Waals surface area contributed by atoms with E-state index in [1.54, 1.807) is 12.1 Å². The number of hydrogen-bond acceptors (Lipinski definition) is 9. The zero-order chi connectivity index (χ0) is 23.1. The Morgan fingerprint density at radius 1 is 1.06 bits per heavy atom. The van der Waals surface area contributed by atoms with Gasteiger partial charge in [-0.2, -0.15) is 0 Å². The molecule has 0 aliphatic rings. The van der Waals surface area contributed by atoms with E-state index < -0.39 is 29.3 Å². The second-order valence-electron chi connectivity index (χ2n) is 6.43. The van der Waals surface area contributed by atoms with E-state index in [0.717, 1.165) is 0 Å². The quantitative estimate of drug-likeness (QED) is 0.298. The zero-order valence-corrected chi connectivity index (χ0v) is 16.7. The van der Waals surface area contributed by atoms with Gasteiger partial charge < -0.3 is 15.4 Å². The number of nitrogens with one attached hydrogen (secondary N) is 2. The van der Waals surface area contributed by atoms with E-state index in [1.807, 2.05) is 0 Å². The summed E-state index contributed by atoms with van der Waals surface area (Å²) in [6, 6.07) is 10.4. The maximum Gasteiger partial charge on any atom is 0.340 e. The van der Waals surface area contributed by atoms with Crippen molar-refractivity contribution >= 4 is 34.8 Å². The first-order valence-electron chi connectivity index (χ1n) is 9.16. The number of hydrogen-bond donors (Lipinski definition) is 2. The minimum absolute atomic E-state index is 0.0388. The van der Waals surface area contributed by atoms with Gasteiger partial charge in [0.05, 0.1) is 27.4 Å². The fourth-order valence-corrected chi connectivity index (χ4v) is 2.71. The molecular weight excluding hydrogens is 422 g/mol. The number of ether oxygens (including phenoxy) is 1. The van der Waals surface area contributed by atoms with Crippen LogP contribution in [-0.4, -0.2) is 49.5 Å². The van der Waals surface area contributed by atoms with E-state index in [1.165, 1.54) is 48.3 Å². The van der Waals surface area contributed by atoms with Gasteiger partial charge in [0.2, 0.25) is 5.91 Å². The van der Waals surface area contributed by atoms with Gasteiger partial charge in [0.1, 0.15) is 12.9 Å². The second-order valence-corrected chi connectivity index (χ2v) is 6.43. The second kappa shape index (κ2) is 9.88. The third kappa shape index (κ3) is 5.47. The van der Waals surface area contributed by atoms with Gasteiger partial charge in [0.15, 0.2) is 6.61 Å². The molecule has 0 unspecified atom stereocenters. The Morgan fingerprint density at radius 3 is 2.50 bits per heavy atom. The van der Waals surface area contributed by atoms with Crippen LogP contribution in [0, 0.1) is 17.0 Å². The Hall–Kier alpha value is -4.68. The molecule has 13 nitrogen and oxygen atoms in total. The van der Waals surface area contributed by atoms with E-state index in [0.29, 0.717) is 0 Å². The highest BCUT2D eigenvalue weighted by atomic mass is 16.6. The van der Waals surface area contributed by atoms with Gasteiger partial charge in [-0.15, -0.1) is 5.10 Å². The molecule has 0 saturated carbocycles. The Balaban J connectivity index is 1.60. The van der Waals surface area contributed by atoms with Gasteiger partial charge in [-0.3, -0.25) is 19.7 Å². The smallest absolute Gasteiger partial charge is 0.340 e. The largest absolute Gasteiger partial charge is 0.452 e. The summed E-state index contributed by atoms with van der Waals surface area (Å²) in [6.07, 6.45) is 1.27. The van der Waals surface area contributed by atoms with Crippen LogP contribution in [0.1, 0.15) is 15.9 Å². The van der Waals surface area contributed by atoms with Crippen molar-refractivity contribution < 1.29 is 24.0 Å². The van der Waals surface area contributed by atoms with Crippen LogP contribution in [0.2, 0.25) is 0 Å². The molecule has 0 fully saturated rings. The van der Waals surface area contributed by atoms with Crippen LogP contribution < -0.4 is 10.6 Å². The van der Waals surface area contributed by atoms with Crippen LogP contribution in [0.3, 0.4) is 0 Å². The van der Waals surface area contributed by atoms with Crippen molar-refractivity contribution in [1.29, 1.82) is 0 Å². The van der Waals surface area contributed by atoms with Crippen LogP contribution in [-0.2, 0) is 20.9 Å². The Morgan fingerprint density at radius 2 is 1.78 bits per heavy atom. The molecule has 3 aromatic rings. The molecule has 2 aromatic carbocycles. The minimum Gasteiger partial charge on any atom is -0.452 e. The van der Waals surface area contributed by atoms with Crippen molar-refractivity contribution in [3.63, 3.8) is 0 Å². The summed E-state index contributed by atoms with van der Waals surface area (Å²) >= 11 is 0. The first-order chi connectivity index (χ1) is 15.3. The number of para-hydroxylation sites is 1.